The highest BCUT2D eigenvalue weighted by Crippen LogP contribution is 2.19. The molecule has 0 unspecified atom stereocenters. The Bertz CT molecular complexity index is 416. The van der Waals surface area contributed by atoms with E-state index in [0.29, 0.717) is 0 Å². The predicted octanol–water partition coefficient (Wildman–Crippen LogP) is 2.40. The molecule has 0 amide bonds. The van der Waals surface area contributed by atoms with Gasteiger partial charge in [-0.25, -0.2) is 4.98 Å². The molecule has 0 saturated heterocycles. The predicted molar refractivity (Wildman–Crippen MR) is 53.4 cm³/mol. The number of aromatic nitrogens is 2. The van der Waals surface area contributed by atoms with Crippen molar-refractivity contribution in [2.45, 2.75) is 6.92 Å². The van der Waals surface area contributed by atoms with Crippen molar-refractivity contribution in [3.63, 3.8) is 0 Å². The van der Waals surface area contributed by atoms with Crippen LogP contribution >= 0.6 is 0 Å². The topological polar surface area (TPSA) is 17.8 Å². The van der Waals surface area contributed by atoms with Crippen LogP contribution in [0.4, 0.5) is 0 Å². The Morgan fingerprint density at radius 2 is 2.00 bits per heavy atom. The first-order valence-corrected chi connectivity index (χ1v) is 4.32. The van der Waals surface area contributed by atoms with E-state index in [-0.39, 0.29) is 0 Å². The molecule has 0 bridgehead atoms. The highest BCUT2D eigenvalue weighted by Gasteiger charge is 2.04. The van der Waals surface area contributed by atoms with E-state index in [2.05, 4.69) is 24.0 Å². The van der Waals surface area contributed by atoms with Crippen LogP contribution in [-0.4, -0.2) is 9.55 Å². The van der Waals surface area contributed by atoms with Crippen molar-refractivity contribution >= 4 is 0 Å². The van der Waals surface area contributed by atoms with Crippen LogP contribution in [0.5, 0.6) is 0 Å². The third-order valence-electron chi connectivity index (χ3n) is 2.21. The summed E-state index contributed by atoms with van der Waals surface area (Å²) in [5.41, 5.74) is 2.46. The van der Waals surface area contributed by atoms with Crippen molar-refractivity contribution in [2.24, 2.45) is 7.05 Å². The third kappa shape index (κ3) is 1.35. The van der Waals surface area contributed by atoms with Crippen molar-refractivity contribution in [3.8, 4) is 11.4 Å². The molecule has 66 valence electrons. The zero-order valence-corrected chi connectivity index (χ0v) is 7.86. The van der Waals surface area contributed by atoms with Crippen LogP contribution in [0, 0.1) is 6.92 Å². The van der Waals surface area contributed by atoms with Gasteiger partial charge in [-0.1, -0.05) is 24.3 Å². The van der Waals surface area contributed by atoms with Crippen LogP contribution in [0.3, 0.4) is 0 Å². The highest BCUT2D eigenvalue weighted by atomic mass is 15.0. The quantitative estimate of drug-likeness (QED) is 0.645. The summed E-state index contributed by atoms with van der Waals surface area (Å²) in [6, 6.07) is 8.28. The van der Waals surface area contributed by atoms with E-state index >= 15 is 0 Å². The number of hydrogen-bond acceptors (Lipinski definition) is 1. The Labute approximate surface area is 77.9 Å². The Balaban J connectivity index is 2.59. The van der Waals surface area contributed by atoms with Crippen molar-refractivity contribution in [2.75, 3.05) is 0 Å². The largest absolute Gasteiger partial charge is 0.334 e. The summed E-state index contributed by atoms with van der Waals surface area (Å²) in [5, 5.41) is 0. The summed E-state index contributed by atoms with van der Waals surface area (Å²) in [7, 11) is 2.01. The molecule has 1 aromatic heterocycles. The lowest BCUT2D eigenvalue weighted by Gasteiger charge is -2.04. The zero-order chi connectivity index (χ0) is 9.26. The molecule has 0 N–H and O–H groups in total. The molecule has 2 nitrogen and oxygen atoms in total. The van der Waals surface area contributed by atoms with Crippen molar-refractivity contribution < 1.29 is 0 Å². The lowest BCUT2D eigenvalue weighted by molar-refractivity contribution is 0.923. The smallest absolute Gasteiger partial charge is 0.139 e. The van der Waals surface area contributed by atoms with Gasteiger partial charge in [-0.15, -0.1) is 0 Å². The first-order valence-electron chi connectivity index (χ1n) is 4.32. The van der Waals surface area contributed by atoms with E-state index in [1.54, 1.807) is 0 Å². The van der Waals surface area contributed by atoms with Crippen LogP contribution in [0.1, 0.15) is 5.56 Å². The molecular weight excluding hydrogens is 160 g/mol. The number of nitrogens with zero attached hydrogens (tertiary/aromatic N) is 2. The van der Waals surface area contributed by atoms with Gasteiger partial charge in [0.1, 0.15) is 5.82 Å². The average Bonchev–Trinajstić information content (AvgIpc) is 2.52. The van der Waals surface area contributed by atoms with Crippen molar-refractivity contribution in [3.05, 3.63) is 42.2 Å². The summed E-state index contributed by atoms with van der Waals surface area (Å²) < 4.78 is 2.03. The number of imidazole rings is 1. The molecular formula is C11H12N2. The number of aryl methyl sites for hydroxylation is 2. The van der Waals surface area contributed by atoms with Gasteiger partial charge in [-0.3, -0.25) is 0 Å². The monoisotopic (exact) mass is 172 g/mol. The minimum absolute atomic E-state index is 1.03. The molecule has 2 heteroatoms. The SMILES string of the molecule is Cc1ccccc1-c1nccn1C. The number of benzene rings is 1. The lowest BCUT2D eigenvalue weighted by atomic mass is 10.1. The molecule has 0 spiro atoms. The van der Waals surface area contributed by atoms with E-state index in [9.17, 15) is 0 Å². The molecule has 0 radical (unpaired) electrons. The van der Waals surface area contributed by atoms with Crippen LogP contribution in [0.25, 0.3) is 11.4 Å². The second-order valence-electron chi connectivity index (χ2n) is 3.18. The zero-order valence-electron chi connectivity index (χ0n) is 7.86. The molecule has 0 aliphatic heterocycles. The van der Waals surface area contributed by atoms with Gasteiger partial charge in [0.15, 0.2) is 0 Å². The summed E-state index contributed by atoms with van der Waals surface area (Å²) >= 11 is 0. The Morgan fingerprint density at radius 1 is 1.23 bits per heavy atom. The van der Waals surface area contributed by atoms with E-state index in [1.807, 2.05) is 36.1 Å². The van der Waals surface area contributed by atoms with Crippen LogP contribution in [0.15, 0.2) is 36.7 Å². The van der Waals surface area contributed by atoms with Gasteiger partial charge >= 0.3 is 0 Å². The van der Waals surface area contributed by atoms with Gasteiger partial charge in [0, 0.05) is 25.0 Å². The second-order valence-corrected chi connectivity index (χ2v) is 3.18. The van der Waals surface area contributed by atoms with Crippen molar-refractivity contribution in [1.82, 2.24) is 9.55 Å². The molecule has 2 aromatic rings. The molecule has 0 aliphatic carbocycles. The average molecular weight is 172 g/mol. The van der Waals surface area contributed by atoms with Gasteiger partial charge in [0.05, 0.1) is 0 Å². The normalized spacial score (nSPS) is 10.3. The fourth-order valence-electron chi connectivity index (χ4n) is 1.45. The summed E-state index contributed by atoms with van der Waals surface area (Å²) in [6.07, 6.45) is 3.78. The third-order valence-corrected chi connectivity index (χ3v) is 2.21. The fourth-order valence-corrected chi connectivity index (χ4v) is 1.45. The van der Waals surface area contributed by atoms with E-state index < -0.39 is 0 Å². The maximum Gasteiger partial charge on any atom is 0.139 e. The van der Waals surface area contributed by atoms with Gasteiger partial charge < -0.3 is 4.57 Å². The molecule has 0 saturated carbocycles. The number of rotatable bonds is 1. The molecule has 2 rings (SSSR count). The molecule has 0 aliphatic rings. The van der Waals surface area contributed by atoms with Crippen LogP contribution in [0.2, 0.25) is 0 Å². The molecule has 0 atom stereocenters. The maximum absolute atomic E-state index is 4.31. The molecule has 13 heavy (non-hydrogen) atoms. The summed E-state index contributed by atoms with van der Waals surface area (Å²) in [6.45, 7) is 2.10. The Hall–Kier alpha value is -1.57. The highest BCUT2D eigenvalue weighted by molar-refractivity contribution is 5.59. The first-order chi connectivity index (χ1) is 6.29. The minimum atomic E-state index is 1.03. The fraction of sp³-hybridized carbons (Fsp3) is 0.182. The lowest BCUT2D eigenvalue weighted by Crippen LogP contribution is -1.92. The van der Waals surface area contributed by atoms with Crippen LogP contribution < -0.4 is 0 Å². The molecule has 1 aromatic carbocycles. The van der Waals surface area contributed by atoms with E-state index in [4.69, 9.17) is 0 Å². The van der Waals surface area contributed by atoms with Crippen molar-refractivity contribution in [1.29, 1.82) is 0 Å². The van der Waals surface area contributed by atoms with Gasteiger partial charge in [0.25, 0.3) is 0 Å². The van der Waals surface area contributed by atoms with Gasteiger partial charge in [0.2, 0.25) is 0 Å². The standard InChI is InChI=1S/C11H12N2/c1-9-5-3-4-6-10(9)11-12-7-8-13(11)2/h3-8H,1-2H3. The van der Waals surface area contributed by atoms with Gasteiger partial charge in [-0.05, 0) is 12.5 Å². The molecule has 1 heterocycles. The van der Waals surface area contributed by atoms with Gasteiger partial charge in [-0.2, -0.15) is 0 Å². The number of hydrogen-bond donors (Lipinski definition) is 0. The molecule has 0 fully saturated rings. The summed E-state index contributed by atoms with van der Waals surface area (Å²) in [4.78, 5) is 4.31. The van der Waals surface area contributed by atoms with Crippen LogP contribution in [-0.2, 0) is 7.05 Å². The first kappa shape index (κ1) is 8.05. The Morgan fingerprint density at radius 3 is 2.62 bits per heavy atom. The summed E-state index contributed by atoms with van der Waals surface area (Å²) in [5.74, 6) is 1.03. The maximum atomic E-state index is 4.31. The van der Waals surface area contributed by atoms with E-state index in [1.165, 1.54) is 11.1 Å². The van der Waals surface area contributed by atoms with E-state index in [0.717, 1.165) is 5.82 Å². The second kappa shape index (κ2) is 3.05. The Kier molecular flexibility index (Phi) is 1.89. The minimum Gasteiger partial charge on any atom is -0.334 e.